The summed E-state index contributed by atoms with van der Waals surface area (Å²) in [5.41, 5.74) is 1.56. The summed E-state index contributed by atoms with van der Waals surface area (Å²) < 4.78 is 1.59. The molecule has 1 aliphatic heterocycles. The lowest BCUT2D eigenvalue weighted by molar-refractivity contribution is -0.0373. The number of hydrogen-bond donors (Lipinski definition) is 2. The quantitative estimate of drug-likeness (QED) is 0.688. The SMILES string of the molecule is CCN1C[C@H]([C@@H](c2ccccc2)c2cccc(Cl)c2)n2ncc(=O)c(O)c2C1O. The lowest BCUT2D eigenvalue weighted by atomic mass is 9.83. The predicted molar refractivity (Wildman–Crippen MR) is 111 cm³/mol. The minimum atomic E-state index is -1.10. The van der Waals surface area contributed by atoms with Gasteiger partial charge in [-0.25, -0.2) is 0 Å². The van der Waals surface area contributed by atoms with Crippen molar-refractivity contribution >= 4 is 11.6 Å². The Labute approximate surface area is 173 Å². The highest BCUT2D eigenvalue weighted by atomic mass is 35.5. The zero-order chi connectivity index (χ0) is 20.5. The maximum absolute atomic E-state index is 12.0. The fraction of sp³-hybridized carbons (Fsp3) is 0.273. The summed E-state index contributed by atoms with van der Waals surface area (Å²) in [5, 5.41) is 26.1. The van der Waals surface area contributed by atoms with Crippen LogP contribution in [0.25, 0.3) is 0 Å². The predicted octanol–water partition coefficient (Wildman–Crippen LogP) is 3.30. The van der Waals surface area contributed by atoms with Gasteiger partial charge in [-0.1, -0.05) is 61.0 Å². The molecule has 0 fully saturated rings. The van der Waals surface area contributed by atoms with E-state index in [1.807, 2.05) is 66.4 Å². The van der Waals surface area contributed by atoms with Crippen LogP contribution in [0.1, 0.15) is 41.9 Å². The summed E-state index contributed by atoms with van der Waals surface area (Å²) in [4.78, 5) is 13.8. The second-order valence-electron chi connectivity index (χ2n) is 7.16. The van der Waals surface area contributed by atoms with Crippen molar-refractivity contribution in [2.24, 2.45) is 0 Å². The molecule has 3 aromatic rings. The molecule has 2 aromatic carbocycles. The molecule has 2 heterocycles. The number of aliphatic hydroxyl groups excluding tert-OH is 1. The molecule has 3 atom stereocenters. The molecule has 1 aliphatic rings. The molecule has 0 bridgehead atoms. The molecule has 29 heavy (non-hydrogen) atoms. The van der Waals surface area contributed by atoms with E-state index in [4.69, 9.17) is 11.6 Å². The first-order chi connectivity index (χ1) is 14.0. The number of aromatic hydroxyl groups is 1. The van der Waals surface area contributed by atoms with E-state index in [2.05, 4.69) is 5.10 Å². The van der Waals surface area contributed by atoms with Crippen molar-refractivity contribution < 1.29 is 10.2 Å². The second-order valence-corrected chi connectivity index (χ2v) is 7.60. The second kappa shape index (κ2) is 7.99. The van der Waals surface area contributed by atoms with Gasteiger partial charge in [0.1, 0.15) is 5.69 Å². The zero-order valence-corrected chi connectivity index (χ0v) is 16.7. The molecule has 2 N–H and O–H groups in total. The molecule has 7 heteroatoms. The largest absolute Gasteiger partial charge is 0.503 e. The highest BCUT2D eigenvalue weighted by molar-refractivity contribution is 6.30. The summed E-state index contributed by atoms with van der Waals surface area (Å²) in [6.45, 7) is 2.97. The fourth-order valence-electron chi connectivity index (χ4n) is 4.11. The van der Waals surface area contributed by atoms with E-state index in [-0.39, 0.29) is 17.7 Å². The number of nitrogens with zero attached hydrogens (tertiary/aromatic N) is 3. The van der Waals surface area contributed by atoms with E-state index in [9.17, 15) is 15.0 Å². The normalized spacial score (nSPS) is 20.2. The maximum Gasteiger partial charge on any atom is 0.242 e. The van der Waals surface area contributed by atoms with E-state index >= 15 is 0 Å². The van der Waals surface area contributed by atoms with Gasteiger partial charge in [0, 0.05) is 17.5 Å². The number of halogens is 1. The van der Waals surface area contributed by atoms with Gasteiger partial charge in [0.15, 0.2) is 12.0 Å². The number of aromatic nitrogens is 2. The van der Waals surface area contributed by atoms with Crippen LogP contribution in [-0.2, 0) is 0 Å². The monoisotopic (exact) mass is 411 g/mol. The molecule has 6 nitrogen and oxygen atoms in total. The van der Waals surface area contributed by atoms with Crippen LogP contribution in [0.15, 0.2) is 65.6 Å². The molecular weight excluding hydrogens is 390 g/mol. The Bertz CT molecular complexity index is 1070. The van der Waals surface area contributed by atoms with Crippen LogP contribution in [0.3, 0.4) is 0 Å². The number of rotatable bonds is 4. The van der Waals surface area contributed by atoms with Crippen LogP contribution < -0.4 is 5.43 Å². The third-order valence-corrected chi connectivity index (χ3v) is 5.74. The molecule has 4 rings (SSSR count). The topological polar surface area (TPSA) is 78.6 Å². The van der Waals surface area contributed by atoms with Gasteiger partial charge in [-0.2, -0.15) is 5.10 Å². The van der Waals surface area contributed by atoms with Gasteiger partial charge in [0.2, 0.25) is 5.43 Å². The highest BCUT2D eigenvalue weighted by Crippen LogP contribution is 2.42. The fourth-order valence-corrected chi connectivity index (χ4v) is 4.31. The average molecular weight is 412 g/mol. The molecule has 0 spiro atoms. The number of benzene rings is 2. The van der Waals surface area contributed by atoms with Crippen molar-refractivity contribution in [2.45, 2.75) is 25.1 Å². The van der Waals surface area contributed by atoms with Crippen molar-refractivity contribution in [3.63, 3.8) is 0 Å². The summed E-state index contributed by atoms with van der Waals surface area (Å²) in [5.74, 6) is -0.613. The lowest BCUT2D eigenvalue weighted by Gasteiger charge is -2.41. The van der Waals surface area contributed by atoms with Gasteiger partial charge < -0.3 is 10.2 Å². The summed E-state index contributed by atoms with van der Waals surface area (Å²) >= 11 is 6.29. The van der Waals surface area contributed by atoms with Crippen LogP contribution >= 0.6 is 11.6 Å². The van der Waals surface area contributed by atoms with Crippen molar-refractivity contribution in [3.05, 3.63) is 92.9 Å². The minimum Gasteiger partial charge on any atom is -0.503 e. The Morgan fingerprint density at radius 3 is 2.59 bits per heavy atom. The van der Waals surface area contributed by atoms with Crippen LogP contribution in [0.4, 0.5) is 0 Å². The number of hydrogen-bond acceptors (Lipinski definition) is 5. The van der Waals surface area contributed by atoms with Gasteiger partial charge in [-0.15, -0.1) is 0 Å². The van der Waals surface area contributed by atoms with Crippen LogP contribution in [0.2, 0.25) is 5.02 Å². The van der Waals surface area contributed by atoms with E-state index in [0.717, 1.165) is 17.3 Å². The molecule has 1 unspecified atom stereocenters. The number of aliphatic hydroxyl groups is 1. The molecule has 0 radical (unpaired) electrons. The van der Waals surface area contributed by atoms with E-state index < -0.39 is 17.4 Å². The van der Waals surface area contributed by atoms with Gasteiger partial charge in [0.05, 0.1) is 12.2 Å². The third kappa shape index (κ3) is 3.55. The van der Waals surface area contributed by atoms with E-state index in [1.165, 1.54) is 0 Å². The molecule has 0 saturated heterocycles. The average Bonchev–Trinajstić information content (AvgIpc) is 2.73. The zero-order valence-electron chi connectivity index (χ0n) is 15.9. The van der Waals surface area contributed by atoms with Crippen molar-refractivity contribution in [3.8, 4) is 5.75 Å². The van der Waals surface area contributed by atoms with E-state index in [0.29, 0.717) is 18.1 Å². The summed E-state index contributed by atoms with van der Waals surface area (Å²) in [7, 11) is 0. The van der Waals surface area contributed by atoms with Gasteiger partial charge in [-0.05, 0) is 29.8 Å². The highest BCUT2D eigenvalue weighted by Gasteiger charge is 2.39. The minimum absolute atomic E-state index is 0.124. The first kappa shape index (κ1) is 19.6. The van der Waals surface area contributed by atoms with Crippen molar-refractivity contribution in [1.82, 2.24) is 14.7 Å². The lowest BCUT2D eigenvalue weighted by Crippen LogP contribution is -2.45. The summed E-state index contributed by atoms with van der Waals surface area (Å²) in [6, 6.07) is 17.4. The maximum atomic E-state index is 12.0. The molecule has 150 valence electrons. The van der Waals surface area contributed by atoms with Crippen LogP contribution in [-0.4, -0.2) is 38.0 Å². The smallest absolute Gasteiger partial charge is 0.242 e. The van der Waals surface area contributed by atoms with Gasteiger partial charge in [-0.3, -0.25) is 14.4 Å². The Balaban J connectivity index is 1.94. The number of fused-ring (bicyclic) bond motifs is 1. The van der Waals surface area contributed by atoms with Gasteiger partial charge >= 0.3 is 0 Å². The molecule has 0 amide bonds. The Morgan fingerprint density at radius 1 is 1.17 bits per heavy atom. The first-order valence-corrected chi connectivity index (χ1v) is 9.92. The Morgan fingerprint density at radius 2 is 1.90 bits per heavy atom. The third-order valence-electron chi connectivity index (χ3n) is 5.51. The summed E-state index contributed by atoms with van der Waals surface area (Å²) in [6.07, 6.45) is -0.00590. The molecule has 0 aliphatic carbocycles. The van der Waals surface area contributed by atoms with Crippen molar-refractivity contribution in [2.75, 3.05) is 13.1 Å². The van der Waals surface area contributed by atoms with Crippen LogP contribution in [0.5, 0.6) is 5.75 Å². The first-order valence-electron chi connectivity index (χ1n) is 9.54. The molecule has 0 saturated carbocycles. The Kier molecular flexibility index (Phi) is 5.41. The van der Waals surface area contributed by atoms with E-state index in [1.54, 1.807) is 4.68 Å². The number of likely N-dealkylation sites (N-methyl/N-ethyl adjacent to an activating group) is 1. The molecule has 1 aromatic heterocycles. The van der Waals surface area contributed by atoms with Gasteiger partial charge in [0.25, 0.3) is 0 Å². The molecular formula is C22H22ClN3O3. The van der Waals surface area contributed by atoms with Crippen molar-refractivity contribution in [1.29, 1.82) is 0 Å². The standard InChI is InChI=1S/C22H22ClN3O3/c1-2-25-13-17(26-20(22(25)29)21(28)18(27)12-24-26)19(14-7-4-3-5-8-14)15-9-6-10-16(23)11-15/h3-12,17,19,22,28-29H,2,13H2,1H3/t17-,19+,22?/m1/s1. The Hall–Kier alpha value is -2.67. The van der Waals surface area contributed by atoms with Crippen LogP contribution in [0, 0.1) is 0 Å².